The Morgan fingerprint density at radius 3 is 2.62 bits per heavy atom. The number of alkyl halides is 2. The van der Waals surface area contributed by atoms with Crippen LogP contribution in [0.2, 0.25) is 0 Å². The minimum atomic E-state index is -2.82. The molecule has 0 atom stereocenters. The Bertz CT molecular complexity index is 433. The highest BCUT2D eigenvalue weighted by molar-refractivity contribution is 5.81. The van der Waals surface area contributed by atoms with Crippen molar-refractivity contribution in [1.29, 1.82) is 0 Å². The smallest absolute Gasteiger partial charge is 0.267 e. The molecule has 0 aliphatic carbocycles. The second-order valence-electron chi connectivity index (χ2n) is 2.59. The Hall–Kier alpha value is -1.45. The lowest BCUT2D eigenvalue weighted by molar-refractivity contribution is 0.148. The highest BCUT2D eigenvalue weighted by atomic mass is 19.3. The van der Waals surface area contributed by atoms with E-state index in [1.54, 1.807) is 0 Å². The summed E-state index contributed by atoms with van der Waals surface area (Å²) >= 11 is 0. The van der Waals surface area contributed by atoms with E-state index in [4.69, 9.17) is 4.42 Å². The lowest BCUT2D eigenvalue weighted by Crippen LogP contribution is -1.90. The molecule has 0 unspecified atom stereocenters. The van der Waals surface area contributed by atoms with E-state index in [1.165, 1.54) is 18.4 Å². The Morgan fingerprint density at radius 2 is 1.92 bits per heavy atom. The van der Waals surface area contributed by atoms with Crippen LogP contribution in [0.25, 0.3) is 11.0 Å². The summed E-state index contributed by atoms with van der Waals surface area (Å²) < 4.78 is 42.5. The van der Waals surface area contributed by atoms with Crippen molar-refractivity contribution >= 4 is 11.0 Å². The van der Waals surface area contributed by atoms with Crippen LogP contribution in [-0.2, 0) is 0 Å². The molecule has 0 aliphatic rings. The fourth-order valence-corrected chi connectivity index (χ4v) is 1.26. The van der Waals surface area contributed by atoms with Gasteiger partial charge in [0.05, 0.1) is 11.8 Å². The van der Waals surface area contributed by atoms with Crippen LogP contribution in [0.15, 0.2) is 28.9 Å². The Labute approximate surface area is 71.8 Å². The van der Waals surface area contributed by atoms with Gasteiger partial charge in [0, 0.05) is 5.39 Å². The molecule has 1 aromatic heterocycles. The molecule has 0 spiro atoms. The van der Waals surface area contributed by atoms with Crippen molar-refractivity contribution in [2.45, 2.75) is 6.43 Å². The lowest BCUT2D eigenvalue weighted by Gasteiger charge is -2.01. The molecule has 4 heteroatoms. The molecule has 1 nitrogen and oxygen atoms in total. The predicted octanol–water partition coefficient (Wildman–Crippen LogP) is 3.51. The minimum Gasteiger partial charge on any atom is -0.464 e. The van der Waals surface area contributed by atoms with Gasteiger partial charge in [-0.15, -0.1) is 0 Å². The summed E-state index contributed by atoms with van der Waals surface area (Å²) in [5.41, 5.74) is -0.317. The van der Waals surface area contributed by atoms with Gasteiger partial charge >= 0.3 is 0 Å². The minimum absolute atomic E-state index is 0.134. The number of rotatable bonds is 1. The standard InChI is InChI=1S/C9H5F3O/c10-6-1-2-7-5(3-4-13-7)8(6)9(11)12/h1-4,9H. The van der Waals surface area contributed by atoms with Crippen LogP contribution < -0.4 is 0 Å². The molecular weight excluding hydrogens is 181 g/mol. The van der Waals surface area contributed by atoms with Crippen molar-refractivity contribution in [2.24, 2.45) is 0 Å². The molecule has 1 heterocycles. The molecule has 0 bridgehead atoms. The molecule has 0 N–H and O–H groups in total. The number of fused-ring (bicyclic) bond motifs is 1. The van der Waals surface area contributed by atoms with Crippen LogP contribution in [-0.4, -0.2) is 0 Å². The summed E-state index contributed by atoms with van der Waals surface area (Å²) in [7, 11) is 0. The van der Waals surface area contributed by atoms with Crippen LogP contribution in [0.3, 0.4) is 0 Å². The number of hydrogen-bond donors (Lipinski definition) is 0. The number of hydrogen-bond acceptors (Lipinski definition) is 1. The largest absolute Gasteiger partial charge is 0.464 e. The Morgan fingerprint density at radius 1 is 1.15 bits per heavy atom. The summed E-state index contributed by atoms with van der Waals surface area (Å²) in [6.45, 7) is 0. The van der Waals surface area contributed by atoms with Crippen molar-refractivity contribution in [3.8, 4) is 0 Å². The van der Waals surface area contributed by atoms with Crippen molar-refractivity contribution in [2.75, 3.05) is 0 Å². The van der Waals surface area contributed by atoms with Gasteiger partial charge < -0.3 is 4.42 Å². The zero-order valence-corrected chi connectivity index (χ0v) is 6.43. The maximum absolute atomic E-state index is 12.9. The van der Waals surface area contributed by atoms with Gasteiger partial charge in [0.1, 0.15) is 11.4 Å². The molecule has 2 aromatic rings. The molecule has 2 rings (SSSR count). The molecule has 0 fully saturated rings. The molecule has 0 radical (unpaired) electrons. The Kier molecular flexibility index (Phi) is 1.76. The second kappa shape index (κ2) is 2.80. The summed E-state index contributed by atoms with van der Waals surface area (Å²) in [5, 5.41) is 0.134. The van der Waals surface area contributed by atoms with E-state index in [0.717, 1.165) is 6.07 Å². The van der Waals surface area contributed by atoms with Crippen molar-refractivity contribution < 1.29 is 17.6 Å². The van der Waals surface area contributed by atoms with E-state index in [1.807, 2.05) is 0 Å². The maximum atomic E-state index is 12.9. The van der Waals surface area contributed by atoms with Gasteiger partial charge in [-0.25, -0.2) is 13.2 Å². The summed E-state index contributed by atoms with van der Waals surface area (Å²) in [4.78, 5) is 0. The third-order valence-corrected chi connectivity index (χ3v) is 1.84. The maximum Gasteiger partial charge on any atom is 0.267 e. The first kappa shape index (κ1) is 8.16. The van der Waals surface area contributed by atoms with E-state index in [0.29, 0.717) is 0 Å². The van der Waals surface area contributed by atoms with Gasteiger partial charge in [0.25, 0.3) is 6.43 Å². The summed E-state index contributed by atoms with van der Waals surface area (Å²) in [6, 6.07) is 3.64. The number of furan rings is 1. The van der Waals surface area contributed by atoms with Gasteiger partial charge in [-0.1, -0.05) is 0 Å². The topological polar surface area (TPSA) is 13.1 Å². The predicted molar refractivity (Wildman–Crippen MR) is 41.1 cm³/mol. The third kappa shape index (κ3) is 1.18. The van der Waals surface area contributed by atoms with Gasteiger partial charge in [0.15, 0.2) is 0 Å². The molecule has 1 aromatic carbocycles. The number of halogens is 3. The van der Waals surface area contributed by atoms with E-state index in [-0.39, 0.29) is 11.0 Å². The van der Waals surface area contributed by atoms with E-state index >= 15 is 0 Å². The first-order valence-electron chi connectivity index (χ1n) is 3.64. The lowest BCUT2D eigenvalue weighted by atomic mass is 10.1. The normalized spacial score (nSPS) is 11.4. The fraction of sp³-hybridized carbons (Fsp3) is 0.111. The first-order valence-corrected chi connectivity index (χ1v) is 3.64. The van der Waals surface area contributed by atoms with Gasteiger partial charge in [-0.2, -0.15) is 0 Å². The Balaban J connectivity index is 2.80. The van der Waals surface area contributed by atoms with Crippen molar-refractivity contribution in [3.63, 3.8) is 0 Å². The van der Waals surface area contributed by atoms with Gasteiger partial charge in [-0.3, -0.25) is 0 Å². The molecule has 13 heavy (non-hydrogen) atoms. The second-order valence-corrected chi connectivity index (χ2v) is 2.59. The first-order chi connectivity index (χ1) is 6.20. The van der Waals surface area contributed by atoms with E-state index < -0.39 is 17.8 Å². The fourth-order valence-electron chi connectivity index (χ4n) is 1.26. The van der Waals surface area contributed by atoms with Crippen molar-refractivity contribution in [1.82, 2.24) is 0 Å². The highest BCUT2D eigenvalue weighted by Gasteiger charge is 2.17. The van der Waals surface area contributed by atoms with Crippen LogP contribution in [0.4, 0.5) is 13.2 Å². The number of benzene rings is 1. The van der Waals surface area contributed by atoms with Crippen molar-refractivity contribution in [3.05, 3.63) is 35.8 Å². The molecule has 0 saturated heterocycles. The van der Waals surface area contributed by atoms with E-state index in [2.05, 4.69) is 0 Å². The zero-order valence-electron chi connectivity index (χ0n) is 6.43. The SMILES string of the molecule is Fc1ccc2occc2c1C(F)F. The quantitative estimate of drug-likeness (QED) is 0.664. The molecule has 0 aliphatic heterocycles. The zero-order chi connectivity index (χ0) is 9.42. The van der Waals surface area contributed by atoms with Gasteiger partial charge in [0.2, 0.25) is 0 Å². The average molecular weight is 186 g/mol. The van der Waals surface area contributed by atoms with Crippen LogP contribution >= 0.6 is 0 Å². The summed E-state index contributed by atoms with van der Waals surface area (Å²) in [6.07, 6.45) is -1.56. The van der Waals surface area contributed by atoms with Crippen LogP contribution in [0.1, 0.15) is 12.0 Å². The molecular formula is C9H5F3O. The molecule has 68 valence electrons. The monoisotopic (exact) mass is 186 g/mol. The molecule has 0 saturated carbocycles. The summed E-state index contributed by atoms with van der Waals surface area (Å²) in [5.74, 6) is -0.899. The average Bonchev–Trinajstić information content (AvgIpc) is 2.50. The van der Waals surface area contributed by atoms with Crippen LogP contribution in [0, 0.1) is 5.82 Å². The third-order valence-electron chi connectivity index (χ3n) is 1.84. The van der Waals surface area contributed by atoms with Crippen LogP contribution in [0.5, 0.6) is 0 Å². The van der Waals surface area contributed by atoms with E-state index in [9.17, 15) is 13.2 Å². The highest BCUT2D eigenvalue weighted by Crippen LogP contribution is 2.30. The molecule has 0 amide bonds. The van der Waals surface area contributed by atoms with Gasteiger partial charge in [-0.05, 0) is 18.2 Å².